The van der Waals surface area contributed by atoms with Crippen LogP contribution in [0.15, 0.2) is 30.3 Å². The number of nitrogens with zero attached hydrogens (tertiary/aromatic N) is 1. The molecule has 7 heteroatoms. The van der Waals surface area contributed by atoms with E-state index >= 15 is 0 Å². The Labute approximate surface area is 166 Å². The van der Waals surface area contributed by atoms with Crippen LogP contribution in [0.4, 0.5) is 4.79 Å². The van der Waals surface area contributed by atoms with E-state index in [4.69, 9.17) is 0 Å². The van der Waals surface area contributed by atoms with Crippen molar-refractivity contribution in [1.82, 2.24) is 21.1 Å². The van der Waals surface area contributed by atoms with Gasteiger partial charge in [0, 0.05) is 6.04 Å². The Morgan fingerprint density at radius 2 is 1.86 bits per heavy atom. The van der Waals surface area contributed by atoms with Crippen LogP contribution in [-0.4, -0.2) is 34.9 Å². The number of carbonyl (C=O) groups excluding carboxylic acids is 3. The van der Waals surface area contributed by atoms with Crippen LogP contribution in [0.25, 0.3) is 0 Å². The van der Waals surface area contributed by atoms with Gasteiger partial charge in [-0.05, 0) is 43.1 Å². The quantitative estimate of drug-likeness (QED) is 0.655. The number of imide groups is 1. The van der Waals surface area contributed by atoms with Gasteiger partial charge in [-0.2, -0.15) is 5.01 Å². The van der Waals surface area contributed by atoms with E-state index in [1.54, 1.807) is 0 Å². The van der Waals surface area contributed by atoms with Gasteiger partial charge in [-0.25, -0.2) is 4.79 Å². The zero-order valence-corrected chi connectivity index (χ0v) is 16.8. The summed E-state index contributed by atoms with van der Waals surface area (Å²) in [5, 5.41) is 6.89. The minimum absolute atomic E-state index is 0.00114. The van der Waals surface area contributed by atoms with E-state index in [0.29, 0.717) is 18.8 Å². The predicted octanol–water partition coefficient (Wildman–Crippen LogP) is 2.51. The lowest BCUT2D eigenvalue weighted by Gasteiger charge is -2.33. The number of hydrazine groups is 1. The van der Waals surface area contributed by atoms with Gasteiger partial charge in [-0.15, -0.1) is 0 Å². The van der Waals surface area contributed by atoms with Gasteiger partial charge in [0.15, 0.2) is 0 Å². The van der Waals surface area contributed by atoms with Crippen LogP contribution < -0.4 is 16.1 Å². The molecule has 1 heterocycles. The number of carbonyl (C=O) groups is 3. The van der Waals surface area contributed by atoms with Crippen molar-refractivity contribution in [2.24, 2.45) is 11.8 Å². The first kappa shape index (κ1) is 20.3. The van der Waals surface area contributed by atoms with Crippen molar-refractivity contribution in [3.63, 3.8) is 0 Å². The smallest absolute Gasteiger partial charge is 0.322 e. The van der Waals surface area contributed by atoms with Crippen LogP contribution in [-0.2, 0) is 9.59 Å². The molecule has 1 saturated carbocycles. The third kappa shape index (κ3) is 4.19. The fourth-order valence-electron chi connectivity index (χ4n) is 4.08. The summed E-state index contributed by atoms with van der Waals surface area (Å²) < 4.78 is 0. The lowest BCUT2D eigenvalue weighted by Crippen LogP contribution is -2.52. The van der Waals surface area contributed by atoms with Crippen LogP contribution in [0, 0.1) is 11.8 Å². The summed E-state index contributed by atoms with van der Waals surface area (Å²) >= 11 is 0. The SMILES string of the molecule is CC1CCC2(CC1)NC(=O)N(NC(=O)CNC(c1ccccc1)C(C)C)C2=O. The van der Waals surface area contributed by atoms with Crippen LogP contribution in [0.5, 0.6) is 0 Å². The zero-order valence-electron chi connectivity index (χ0n) is 16.8. The van der Waals surface area contributed by atoms with Crippen molar-refractivity contribution < 1.29 is 14.4 Å². The highest BCUT2D eigenvalue weighted by atomic mass is 16.2. The van der Waals surface area contributed by atoms with Crippen molar-refractivity contribution in [1.29, 1.82) is 0 Å². The topological polar surface area (TPSA) is 90.5 Å². The molecule has 1 aliphatic carbocycles. The fraction of sp³-hybridized carbons (Fsp3) is 0.571. The number of rotatable bonds is 6. The van der Waals surface area contributed by atoms with E-state index in [9.17, 15) is 14.4 Å². The fourth-order valence-corrected chi connectivity index (χ4v) is 4.08. The van der Waals surface area contributed by atoms with E-state index in [1.165, 1.54) is 0 Å². The molecule has 1 aliphatic heterocycles. The molecule has 3 rings (SSSR count). The minimum atomic E-state index is -0.852. The third-order valence-corrected chi connectivity index (χ3v) is 5.83. The molecule has 1 aromatic rings. The van der Waals surface area contributed by atoms with Crippen molar-refractivity contribution >= 4 is 17.8 Å². The molecular weight excluding hydrogens is 356 g/mol. The first-order valence-corrected chi connectivity index (χ1v) is 10.1. The second-order valence-corrected chi connectivity index (χ2v) is 8.38. The summed E-state index contributed by atoms with van der Waals surface area (Å²) in [6.45, 7) is 6.32. The molecule has 7 nitrogen and oxygen atoms in total. The second kappa shape index (κ2) is 8.31. The van der Waals surface area contributed by atoms with Gasteiger partial charge < -0.3 is 10.6 Å². The molecule has 1 unspecified atom stereocenters. The lowest BCUT2D eigenvalue weighted by atomic mass is 9.77. The molecule has 1 atom stereocenters. The highest BCUT2D eigenvalue weighted by molar-refractivity contribution is 6.08. The maximum Gasteiger partial charge on any atom is 0.344 e. The van der Waals surface area contributed by atoms with Gasteiger partial charge in [0.25, 0.3) is 11.8 Å². The van der Waals surface area contributed by atoms with Crippen LogP contribution in [0.2, 0.25) is 0 Å². The van der Waals surface area contributed by atoms with Crippen molar-refractivity contribution in [3.8, 4) is 0 Å². The summed E-state index contributed by atoms with van der Waals surface area (Å²) in [4.78, 5) is 37.5. The molecule has 28 heavy (non-hydrogen) atoms. The van der Waals surface area contributed by atoms with Crippen LogP contribution in [0.1, 0.15) is 58.1 Å². The Hall–Kier alpha value is -2.41. The Kier molecular flexibility index (Phi) is 6.03. The number of nitrogens with one attached hydrogen (secondary N) is 3. The predicted molar refractivity (Wildman–Crippen MR) is 106 cm³/mol. The molecule has 4 amide bonds. The van der Waals surface area contributed by atoms with Crippen molar-refractivity contribution in [2.45, 2.75) is 58.0 Å². The monoisotopic (exact) mass is 386 g/mol. The largest absolute Gasteiger partial charge is 0.344 e. The first-order chi connectivity index (χ1) is 13.3. The van der Waals surface area contributed by atoms with E-state index in [-0.39, 0.29) is 24.4 Å². The van der Waals surface area contributed by atoms with Gasteiger partial charge in [0.2, 0.25) is 0 Å². The van der Waals surface area contributed by atoms with Gasteiger partial charge in [-0.1, -0.05) is 51.1 Å². The highest BCUT2D eigenvalue weighted by Gasteiger charge is 2.52. The van der Waals surface area contributed by atoms with E-state index in [1.807, 2.05) is 30.3 Å². The van der Waals surface area contributed by atoms with Gasteiger partial charge in [0.05, 0.1) is 6.54 Å². The zero-order chi connectivity index (χ0) is 20.3. The van der Waals surface area contributed by atoms with Crippen LogP contribution in [0.3, 0.4) is 0 Å². The summed E-state index contributed by atoms with van der Waals surface area (Å²) in [6.07, 6.45) is 3.02. The summed E-state index contributed by atoms with van der Waals surface area (Å²) in [6, 6.07) is 9.36. The molecule has 0 bridgehead atoms. The average Bonchev–Trinajstić information content (AvgIpc) is 2.89. The molecule has 1 saturated heterocycles. The average molecular weight is 386 g/mol. The Morgan fingerprint density at radius 1 is 1.21 bits per heavy atom. The molecule has 0 aromatic heterocycles. The Morgan fingerprint density at radius 3 is 2.46 bits per heavy atom. The van der Waals surface area contributed by atoms with E-state index in [0.717, 1.165) is 23.4 Å². The molecule has 2 aliphatic rings. The number of urea groups is 1. The Balaban J connectivity index is 1.58. The molecular formula is C21H30N4O3. The molecule has 1 aromatic carbocycles. The van der Waals surface area contributed by atoms with E-state index < -0.39 is 17.5 Å². The van der Waals surface area contributed by atoms with Crippen molar-refractivity contribution in [2.75, 3.05) is 6.54 Å². The maximum absolute atomic E-state index is 12.8. The van der Waals surface area contributed by atoms with Gasteiger partial charge in [-0.3, -0.25) is 15.0 Å². The number of benzene rings is 1. The lowest BCUT2D eigenvalue weighted by molar-refractivity contribution is -0.139. The summed E-state index contributed by atoms with van der Waals surface area (Å²) in [5.41, 5.74) is 2.72. The molecule has 152 valence electrons. The van der Waals surface area contributed by atoms with Gasteiger partial charge >= 0.3 is 6.03 Å². The third-order valence-electron chi connectivity index (χ3n) is 5.83. The van der Waals surface area contributed by atoms with E-state index in [2.05, 4.69) is 36.8 Å². The molecule has 2 fully saturated rings. The Bertz CT molecular complexity index is 726. The summed E-state index contributed by atoms with van der Waals surface area (Å²) in [5.74, 6) is 0.0704. The second-order valence-electron chi connectivity index (χ2n) is 8.38. The number of amides is 4. The number of hydrogen-bond acceptors (Lipinski definition) is 4. The number of hydrogen-bond donors (Lipinski definition) is 3. The summed E-state index contributed by atoms with van der Waals surface area (Å²) in [7, 11) is 0. The highest BCUT2D eigenvalue weighted by Crippen LogP contribution is 2.35. The standard InChI is InChI=1S/C21H30N4O3/c1-14(2)18(16-7-5-4-6-8-16)22-13-17(26)24-25-19(27)21(23-20(25)28)11-9-15(3)10-12-21/h4-8,14-15,18,22H,9-13H2,1-3H3,(H,23,28)(H,24,26). The first-order valence-electron chi connectivity index (χ1n) is 10.1. The maximum atomic E-state index is 12.8. The normalized spacial score (nSPS) is 25.9. The molecule has 0 radical (unpaired) electrons. The van der Waals surface area contributed by atoms with Gasteiger partial charge in [0.1, 0.15) is 5.54 Å². The van der Waals surface area contributed by atoms with Crippen molar-refractivity contribution in [3.05, 3.63) is 35.9 Å². The minimum Gasteiger partial charge on any atom is -0.322 e. The molecule has 3 N–H and O–H groups in total. The molecule has 1 spiro atoms. The van der Waals surface area contributed by atoms with Crippen LogP contribution >= 0.6 is 0 Å².